The fourth-order valence-electron chi connectivity index (χ4n) is 2.02. The number of aryl methyl sites for hydroxylation is 3. The monoisotopic (exact) mass is 261 g/mol. The minimum absolute atomic E-state index is 0.112. The van der Waals surface area contributed by atoms with Crippen LogP contribution < -0.4 is 0 Å². The summed E-state index contributed by atoms with van der Waals surface area (Å²) >= 11 is 5.96. The third-order valence-corrected chi connectivity index (χ3v) is 3.41. The van der Waals surface area contributed by atoms with E-state index in [4.69, 9.17) is 11.6 Å². The Morgan fingerprint density at radius 3 is 2.56 bits per heavy atom. The number of phenols is 1. The number of benzene rings is 1. The maximum Gasteiger partial charge on any atom is 0.134 e. The van der Waals surface area contributed by atoms with Gasteiger partial charge in [-0.05, 0) is 49.6 Å². The van der Waals surface area contributed by atoms with Gasteiger partial charge in [-0.3, -0.25) is 4.98 Å². The molecule has 0 fully saturated rings. The second-order valence-electron chi connectivity index (χ2n) is 4.43. The number of halogens is 1. The third-order valence-electron chi connectivity index (χ3n) is 3.11. The van der Waals surface area contributed by atoms with Crippen LogP contribution in [0.5, 0.6) is 5.75 Å². The smallest absolute Gasteiger partial charge is 0.134 e. The van der Waals surface area contributed by atoms with Crippen molar-refractivity contribution >= 4 is 11.6 Å². The molecule has 0 bridgehead atoms. The van der Waals surface area contributed by atoms with Gasteiger partial charge < -0.3 is 5.11 Å². The molecule has 1 aromatic carbocycles. The molecule has 0 radical (unpaired) electrons. The van der Waals surface area contributed by atoms with E-state index < -0.39 is 0 Å². The third kappa shape index (κ3) is 2.34. The van der Waals surface area contributed by atoms with E-state index in [9.17, 15) is 5.11 Å². The van der Waals surface area contributed by atoms with Gasteiger partial charge in [0, 0.05) is 11.3 Å². The van der Waals surface area contributed by atoms with Gasteiger partial charge in [-0.1, -0.05) is 24.6 Å². The minimum Gasteiger partial charge on any atom is -0.506 e. The second kappa shape index (κ2) is 4.99. The highest BCUT2D eigenvalue weighted by molar-refractivity contribution is 6.32. The standard InChI is InChI=1S/C15H16ClNO/c1-4-13-9(2)5-6-14(17-13)11-8-12(16)15(18)7-10(11)3/h5-8,18H,4H2,1-3H3. The van der Waals surface area contributed by atoms with Gasteiger partial charge in [0.1, 0.15) is 5.75 Å². The first-order chi connectivity index (χ1) is 8.52. The molecule has 18 heavy (non-hydrogen) atoms. The Hall–Kier alpha value is -1.54. The van der Waals surface area contributed by atoms with E-state index in [1.54, 1.807) is 12.1 Å². The first kappa shape index (κ1) is 12.9. The van der Waals surface area contributed by atoms with Gasteiger partial charge in [-0.25, -0.2) is 0 Å². The zero-order valence-electron chi connectivity index (χ0n) is 10.8. The normalized spacial score (nSPS) is 10.7. The van der Waals surface area contributed by atoms with Crippen LogP contribution in [0.3, 0.4) is 0 Å². The van der Waals surface area contributed by atoms with E-state index in [1.807, 2.05) is 13.0 Å². The number of nitrogens with zero attached hydrogens (tertiary/aromatic N) is 1. The molecule has 1 N–H and O–H groups in total. The SMILES string of the molecule is CCc1nc(-c2cc(Cl)c(O)cc2C)ccc1C. The molecule has 0 saturated heterocycles. The van der Waals surface area contributed by atoms with Crippen molar-refractivity contribution in [1.82, 2.24) is 4.98 Å². The maximum absolute atomic E-state index is 9.56. The first-order valence-corrected chi connectivity index (χ1v) is 6.36. The zero-order chi connectivity index (χ0) is 13.3. The van der Waals surface area contributed by atoms with Crippen LogP contribution in [0, 0.1) is 13.8 Å². The summed E-state index contributed by atoms with van der Waals surface area (Å²) < 4.78 is 0. The van der Waals surface area contributed by atoms with Gasteiger partial charge in [0.05, 0.1) is 10.7 Å². The number of hydrogen-bond acceptors (Lipinski definition) is 2. The lowest BCUT2D eigenvalue weighted by molar-refractivity contribution is 0.475. The van der Waals surface area contributed by atoms with Crippen molar-refractivity contribution in [1.29, 1.82) is 0 Å². The van der Waals surface area contributed by atoms with Crippen LogP contribution in [0.25, 0.3) is 11.3 Å². The van der Waals surface area contributed by atoms with Gasteiger partial charge >= 0.3 is 0 Å². The Labute approximate surface area is 112 Å². The average Bonchev–Trinajstić information content (AvgIpc) is 2.35. The Bertz CT molecular complexity index is 593. The van der Waals surface area contributed by atoms with E-state index in [-0.39, 0.29) is 5.75 Å². The summed E-state index contributed by atoms with van der Waals surface area (Å²) in [5, 5.41) is 9.92. The molecule has 0 aliphatic carbocycles. The zero-order valence-corrected chi connectivity index (χ0v) is 11.5. The first-order valence-electron chi connectivity index (χ1n) is 5.99. The van der Waals surface area contributed by atoms with Crippen molar-refractivity contribution in [2.24, 2.45) is 0 Å². The summed E-state index contributed by atoms with van der Waals surface area (Å²) in [6.45, 7) is 6.10. The van der Waals surface area contributed by atoms with Crippen LogP contribution in [0.15, 0.2) is 24.3 Å². The van der Waals surface area contributed by atoms with Crippen LogP contribution in [0.4, 0.5) is 0 Å². The van der Waals surface area contributed by atoms with Crippen LogP contribution in [-0.4, -0.2) is 10.1 Å². The Kier molecular flexibility index (Phi) is 3.58. The lowest BCUT2D eigenvalue weighted by Crippen LogP contribution is -1.95. The highest BCUT2D eigenvalue weighted by Gasteiger charge is 2.09. The molecule has 0 amide bonds. The second-order valence-corrected chi connectivity index (χ2v) is 4.84. The molecule has 2 rings (SSSR count). The van der Waals surface area contributed by atoms with E-state index >= 15 is 0 Å². The van der Waals surface area contributed by atoms with Crippen LogP contribution >= 0.6 is 11.6 Å². The number of aromatic nitrogens is 1. The summed E-state index contributed by atoms with van der Waals surface area (Å²) in [5.74, 6) is 0.112. The van der Waals surface area contributed by atoms with E-state index in [1.165, 1.54) is 5.56 Å². The molecule has 0 aliphatic rings. The molecule has 0 saturated carbocycles. The molecule has 2 aromatic rings. The highest BCUT2D eigenvalue weighted by Crippen LogP contribution is 2.32. The molecular weight excluding hydrogens is 246 g/mol. The molecule has 3 heteroatoms. The van der Waals surface area contributed by atoms with Crippen molar-refractivity contribution < 1.29 is 5.11 Å². The summed E-state index contributed by atoms with van der Waals surface area (Å²) in [6.07, 6.45) is 0.907. The van der Waals surface area contributed by atoms with E-state index in [2.05, 4.69) is 24.9 Å². The van der Waals surface area contributed by atoms with Crippen molar-refractivity contribution in [2.45, 2.75) is 27.2 Å². The van der Waals surface area contributed by atoms with Crippen molar-refractivity contribution in [2.75, 3.05) is 0 Å². The quantitative estimate of drug-likeness (QED) is 0.875. The van der Waals surface area contributed by atoms with Crippen LogP contribution in [0.1, 0.15) is 23.7 Å². The van der Waals surface area contributed by atoms with Crippen LogP contribution in [0.2, 0.25) is 5.02 Å². The van der Waals surface area contributed by atoms with Crippen molar-refractivity contribution in [3.8, 4) is 17.0 Å². The lowest BCUT2D eigenvalue weighted by atomic mass is 10.0. The number of rotatable bonds is 2. The predicted molar refractivity (Wildman–Crippen MR) is 75.2 cm³/mol. The van der Waals surface area contributed by atoms with Crippen molar-refractivity contribution in [3.63, 3.8) is 0 Å². The van der Waals surface area contributed by atoms with Gasteiger partial charge in [-0.15, -0.1) is 0 Å². The van der Waals surface area contributed by atoms with E-state index in [0.717, 1.165) is 28.9 Å². The minimum atomic E-state index is 0.112. The summed E-state index contributed by atoms with van der Waals surface area (Å²) in [5.41, 5.74) is 5.12. The molecule has 2 nitrogen and oxygen atoms in total. The van der Waals surface area contributed by atoms with Crippen molar-refractivity contribution in [3.05, 3.63) is 46.1 Å². The molecule has 1 aromatic heterocycles. The summed E-state index contributed by atoms with van der Waals surface area (Å²) in [6, 6.07) is 7.50. The largest absolute Gasteiger partial charge is 0.506 e. The number of aromatic hydroxyl groups is 1. The maximum atomic E-state index is 9.56. The molecule has 0 unspecified atom stereocenters. The summed E-state index contributed by atoms with van der Waals surface area (Å²) in [4.78, 5) is 4.65. The van der Waals surface area contributed by atoms with Gasteiger partial charge in [0.2, 0.25) is 0 Å². The fraction of sp³-hybridized carbons (Fsp3) is 0.267. The number of phenolic OH excluding ortho intramolecular Hbond substituents is 1. The molecular formula is C15H16ClNO. The molecule has 94 valence electrons. The topological polar surface area (TPSA) is 33.1 Å². The van der Waals surface area contributed by atoms with Gasteiger partial charge in [0.15, 0.2) is 0 Å². The van der Waals surface area contributed by atoms with Gasteiger partial charge in [0.25, 0.3) is 0 Å². The predicted octanol–water partition coefficient (Wildman–Crippen LogP) is 4.29. The van der Waals surface area contributed by atoms with Crippen LogP contribution in [-0.2, 0) is 6.42 Å². The molecule has 0 aliphatic heterocycles. The number of pyridine rings is 1. The molecule has 0 spiro atoms. The Morgan fingerprint density at radius 1 is 1.17 bits per heavy atom. The van der Waals surface area contributed by atoms with Gasteiger partial charge in [-0.2, -0.15) is 0 Å². The molecule has 1 heterocycles. The number of hydrogen-bond donors (Lipinski definition) is 1. The summed E-state index contributed by atoms with van der Waals surface area (Å²) in [7, 11) is 0. The Balaban J connectivity index is 2.58. The fourth-order valence-corrected chi connectivity index (χ4v) is 2.18. The van der Waals surface area contributed by atoms with E-state index in [0.29, 0.717) is 5.02 Å². The highest BCUT2D eigenvalue weighted by atomic mass is 35.5. The Morgan fingerprint density at radius 2 is 1.89 bits per heavy atom. The lowest BCUT2D eigenvalue weighted by Gasteiger charge is -2.10. The molecule has 0 atom stereocenters. The average molecular weight is 262 g/mol.